The number of H-pyrrole nitrogens is 1. The Morgan fingerprint density at radius 3 is 2.20 bits per heavy atom. The molecule has 0 aliphatic heterocycles. The number of carbonyl (C=O) groups is 1. The van der Waals surface area contributed by atoms with Gasteiger partial charge < -0.3 is 10.3 Å². The van der Waals surface area contributed by atoms with Crippen LogP contribution < -0.4 is 10.9 Å². The number of aromatic nitrogens is 1. The molecule has 1 amide bonds. The molecule has 0 saturated carbocycles. The third-order valence-electron chi connectivity index (χ3n) is 2.36. The van der Waals surface area contributed by atoms with Gasteiger partial charge in [0.05, 0.1) is 0 Å². The maximum Gasteiger partial charge on any atom is 0.272 e. The molecule has 0 atom stereocenters. The molecule has 4 nitrogen and oxygen atoms in total. The van der Waals surface area contributed by atoms with E-state index in [1.165, 1.54) is 6.07 Å². The molecule has 0 radical (unpaired) electrons. The molecule has 1 heterocycles. The molecule has 0 saturated heterocycles. The SMILES string of the molecule is O=C(Nc1c(F)c(F)cc(F)c1F)c1cccc(=O)[nH]1. The van der Waals surface area contributed by atoms with Crippen molar-refractivity contribution in [3.05, 3.63) is 63.6 Å². The van der Waals surface area contributed by atoms with Crippen molar-refractivity contribution in [3.63, 3.8) is 0 Å². The molecule has 0 bridgehead atoms. The number of amides is 1. The lowest BCUT2D eigenvalue weighted by atomic mass is 10.2. The molecular formula is C12H6F4N2O2. The molecule has 20 heavy (non-hydrogen) atoms. The fourth-order valence-electron chi connectivity index (χ4n) is 1.44. The highest BCUT2D eigenvalue weighted by molar-refractivity contribution is 6.02. The van der Waals surface area contributed by atoms with Crippen molar-refractivity contribution in [1.29, 1.82) is 0 Å². The number of pyridine rings is 1. The first kappa shape index (κ1) is 13.8. The summed E-state index contributed by atoms with van der Waals surface area (Å²) in [6.07, 6.45) is 0. The summed E-state index contributed by atoms with van der Waals surface area (Å²) in [5, 5.41) is 1.66. The van der Waals surface area contributed by atoms with Crippen LogP contribution in [0.4, 0.5) is 23.2 Å². The van der Waals surface area contributed by atoms with Crippen molar-refractivity contribution in [2.45, 2.75) is 0 Å². The standard InChI is InChI=1S/C12H6F4N2O2/c13-5-4-6(14)10(16)11(9(5)15)18-12(20)7-2-1-3-8(19)17-7/h1-4H,(H,17,19)(H,18,20). The Bertz CT molecular complexity index is 716. The fourth-order valence-corrected chi connectivity index (χ4v) is 1.44. The van der Waals surface area contributed by atoms with Gasteiger partial charge in [0.15, 0.2) is 23.3 Å². The second-order valence-electron chi connectivity index (χ2n) is 3.73. The van der Waals surface area contributed by atoms with Gasteiger partial charge >= 0.3 is 0 Å². The van der Waals surface area contributed by atoms with Crippen LogP contribution in [0, 0.1) is 23.3 Å². The number of anilines is 1. The van der Waals surface area contributed by atoms with E-state index < -0.39 is 40.4 Å². The van der Waals surface area contributed by atoms with Gasteiger partial charge in [0.25, 0.3) is 5.91 Å². The lowest BCUT2D eigenvalue weighted by Crippen LogP contribution is -2.20. The highest BCUT2D eigenvalue weighted by Crippen LogP contribution is 2.24. The van der Waals surface area contributed by atoms with Crippen LogP contribution in [0.1, 0.15) is 10.5 Å². The zero-order valence-corrected chi connectivity index (χ0v) is 9.64. The van der Waals surface area contributed by atoms with E-state index >= 15 is 0 Å². The molecule has 2 aromatic rings. The monoisotopic (exact) mass is 286 g/mol. The van der Waals surface area contributed by atoms with Gasteiger partial charge in [-0.2, -0.15) is 0 Å². The molecule has 8 heteroatoms. The van der Waals surface area contributed by atoms with Gasteiger partial charge in [-0.15, -0.1) is 0 Å². The first-order valence-corrected chi connectivity index (χ1v) is 5.24. The first-order valence-electron chi connectivity index (χ1n) is 5.24. The van der Waals surface area contributed by atoms with Crippen LogP contribution in [0.5, 0.6) is 0 Å². The van der Waals surface area contributed by atoms with Crippen LogP contribution >= 0.6 is 0 Å². The second-order valence-corrected chi connectivity index (χ2v) is 3.73. The van der Waals surface area contributed by atoms with Crippen molar-refractivity contribution in [2.24, 2.45) is 0 Å². The smallest absolute Gasteiger partial charge is 0.272 e. The summed E-state index contributed by atoms with van der Waals surface area (Å²) in [7, 11) is 0. The zero-order valence-electron chi connectivity index (χ0n) is 9.64. The molecule has 0 aliphatic carbocycles. The van der Waals surface area contributed by atoms with Gasteiger partial charge in [-0.25, -0.2) is 17.6 Å². The summed E-state index contributed by atoms with van der Waals surface area (Å²) in [6.45, 7) is 0. The van der Waals surface area contributed by atoms with Crippen LogP contribution in [0.25, 0.3) is 0 Å². The Balaban J connectivity index is 2.40. The Kier molecular flexibility index (Phi) is 3.55. The average molecular weight is 286 g/mol. The molecule has 0 unspecified atom stereocenters. The predicted molar refractivity (Wildman–Crippen MR) is 61.3 cm³/mol. The Morgan fingerprint density at radius 1 is 1.05 bits per heavy atom. The molecule has 1 aromatic heterocycles. The number of hydrogen-bond acceptors (Lipinski definition) is 2. The minimum absolute atomic E-state index is 0.0186. The van der Waals surface area contributed by atoms with E-state index in [0.717, 1.165) is 12.1 Å². The number of nitrogens with one attached hydrogen (secondary N) is 2. The third kappa shape index (κ3) is 2.53. The van der Waals surface area contributed by atoms with E-state index in [0.29, 0.717) is 0 Å². The van der Waals surface area contributed by atoms with Crippen LogP contribution in [0.2, 0.25) is 0 Å². The van der Waals surface area contributed by atoms with Crippen LogP contribution in [-0.2, 0) is 0 Å². The maximum absolute atomic E-state index is 13.3. The number of hydrogen-bond donors (Lipinski definition) is 2. The largest absolute Gasteiger partial charge is 0.318 e. The van der Waals surface area contributed by atoms with Gasteiger partial charge in [-0.3, -0.25) is 9.59 Å². The topological polar surface area (TPSA) is 62.0 Å². The maximum atomic E-state index is 13.3. The van der Waals surface area contributed by atoms with Gasteiger partial charge in [-0.1, -0.05) is 6.07 Å². The number of benzene rings is 1. The highest BCUT2D eigenvalue weighted by Gasteiger charge is 2.21. The van der Waals surface area contributed by atoms with Gasteiger partial charge in [-0.05, 0) is 6.07 Å². The molecule has 1 aromatic carbocycles. The van der Waals surface area contributed by atoms with Crippen LogP contribution in [0.15, 0.2) is 29.1 Å². The summed E-state index contributed by atoms with van der Waals surface area (Å²) in [5.74, 6) is -7.90. The predicted octanol–water partition coefficient (Wildman–Crippen LogP) is 2.18. The van der Waals surface area contributed by atoms with Gasteiger partial charge in [0.2, 0.25) is 5.56 Å². The van der Waals surface area contributed by atoms with E-state index in [-0.39, 0.29) is 11.8 Å². The number of halogens is 4. The minimum Gasteiger partial charge on any atom is -0.318 e. The molecule has 0 fully saturated rings. The second kappa shape index (κ2) is 5.16. The van der Waals surface area contributed by atoms with Crippen molar-refractivity contribution >= 4 is 11.6 Å². The van der Waals surface area contributed by atoms with Crippen molar-refractivity contribution in [1.82, 2.24) is 4.98 Å². The highest BCUT2D eigenvalue weighted by atomic mass is 19.2. The lowest BCUT2D eigenvalue weighted by molar-refractivity contribution is 0.102. The zero-order chi connectivity index (χ0) is 14.9. The molecule has 0 aliphatic rings. The summed E-state index contributed by atoms with van der Waals surface area (Å²) in [5.41, 5.74) is -2.21. The normalized spacial score (nSPS) is 10.4. The van der Waals surface area contributed by atoms with E-state index in [1.807, 2.05) is 0 Å². The molecule has 2 rings (SSSR count). The summed E-state index contributed by atoms with van der Waals surface area (Å²) >= 11 is 0. The first-order chi connectivity index (χ1) is 9.40. The fraction of sp³-hybridized carbons (Fsp3) is 0. The summed E-state index contributed by atoms with van der Waals surface area (Å²) in [4.78, 5) is 24.7. The van der Waals surface area contributed by atoms with E-state index in [2.05, 4.69) is 4.98 Å². The third-order valence-corrected chi connectivity index (χ3v) is 2.36. The lowest BCUT2D eigenvalue weighted by Gasteiger charge is -2.08. The van der Waals surface area contributed by atoms with Crippen molar-refractivity contribution in [3.8, 4) is 0 Å². The molecule has 104 valence electrons. The number of rotatable bonds is 2. The van der Waals surface area contributed by atoms with Crippen molar-refractivity contribution in [2.75, 3.05) is 5.32 Å². The Hall–Kier alpha value is -2.64. The minimum atomic E-state index is -1.74. The molecular weight excluding hydrogens is 280 g/mol. The molecule has 0 spiro atoms. The van der Waals surface area contributed by atoms with Gasteiger partial charge in [0, 0.05) is 12.1 Å². The Morgan fingerprint density at radius 2 is 1.65 bits per heavy atom. The average Bonchev–Trinajstić information content (AvgIpc) is 2.41. The van der Waals surface area contributed by atoms with Crippen LogP contribution in [0.3, 0.4) is 0 Å². The van der Waals surface area contributed by atoms with Crippen molar-refractivity contribution < 1.29 is 22.4 Å². The summed E-state index contributed by atoms with van der Waals surface area (Å²) in [6, 6.07) is 3.51. The quantitative estimate of drug-likeness (QED) is 0.656. The summed E-state index contributed by atoms with van der Waals surface area (Å²) < 4.78 is 52.6. The van der Waals surface area contributed by atoms with Gasteiger partial charge in [0.1, 0.15) is 11.4 Å². The van der Waals surface area contributed by atoms with E-state index in [4.69, 9.17) is 0 Å². The number of aromatic amines is 1. The van der Waals surface area contributed by atoms with E-state index in [1.54, 1.807) is 5.32 Å². The molecule has 2 N–H and O–H groups in total. The Labute approximate surface area is 109 Å². The van der Waals surface area contributed by atoms with Crippen LogP contribution in [-0.4, -0.2) is 10.9 Å². The van der Waals surface area contributed by atoms with E-state index in [9.17, 15) is 27.2 Å². The number of carbonyl (C=O) groups excluding carboxylic acids is 1.